The molecule has 0 spiro atoms. The van der Waals surface area contributed by atoms with Crippen LogP contribution in [0.3, 0.4) is 0 Å². The second-order valence-corrected chi connectivity index (χ2v) is 4.88. The monoisotopic (exact) mass is 360 g/mol. The molecule has 0 bridgehead atoms. The molecule has 1 rings (SSSR count). The van der Waals surface area contributed by atoms with Crippen LogP contribution in [0.2, 0.25) is 0 Å². The maximum atomic E-state index is 12.0. The first-order valence-corrected chi connectivity index (χ1v) is 6.43. The number of ketones is 1. The van der Waals surface area contributed by atoms with Gasteiger partial charge in [0.25, 0.3) is 0 Å². The van der Waals surface area contributed by atoms with E-state index in [0.717, 1.165) is 9.13 Å². The Morgan fingerprint density at radius 2 is 2.11 bits per heavy atom. The number of esters is 1. The van der Waals surface area contributed by atoms with Gasteiger partial charge in [0.15, 0.2) is 5.78 Å². The Labute approximate surface area is 119 Å². The molecule has 0 amide bonds. The summed E-state index contributed by atoms with van der Waals surface area (Å²) in [7, 11) is 0. The third-order valence-electron chi connectivity index (χ3n) is 2.29. The maximum absolute atomic E-state index is 12.0. The lowest BCUT2D eigenvalue weighted by Crippen LogP contribution is -2.12. The molecule has 0 saturated carbocycles. The third kappa shape index (κ3) is 3.59. The Morgan fingerprint density at radius 1 is 1.44 bits per heavy atom. The van der Waals surface area contributed by atoms with Crippen molar-refractivity contribution in [3.63, 3.8) is 0 Å². The first-order chi connectivity index (χ1) is 8.49. The smallest absolute Gasteiger partial charge is 0.313 e. The summed E-state index contributed by atoms with van der Waals surface area (Å²) in [5.74, 6) is -0.934. The van der Waals surface area contributed by atoms with Gasteiger partial charge in [0, 0.05) is 9.13 Å². The normalized spacial score (nSPS) is 9.94. The molecule has 0 saturated heterocycles. The summed E-state index contributed by atoms with van der Waals surface area (Å²) in [6, 6.07) is 3.46. The van der Waals surface area contributed by atoms with Gasteiger partial charge in [-0.1, -0.05) is 0 Å². The second kappa shape index (κ2) is 6.58. The minimum Gasteiger partial charge on any atom is -0.466 e. The van der Waals surface area contributed by atoms with Gasteiger partial charge in [-0.15, -0.1) is 0 Å². The molecule has 0 fully saturated rings. The van der Waals surface area contributed by atoms with Crippen molar-refractivity contribution in [1.82, 2.24) is 0 Å². The lowest BCUT2D eigenvalue weighted by molar-refractivity contribution is -0.141. The van der Waals surface area contributed by atoms with Crippen molar-refractivity contribution in [2.24, 2.45) is 5.11 Å². The van der Waals surface area contributed by atoms with Gasteiger partial charge in [-0.3, -0.25) is 9.59 Å². The van der Waals surface area contributed by atoms with Crippen molar-refractivity contribution >= 4 is 40.0 Å². The molecule has 96 valence electrons. The largest absolute Gasteiger partial charge is 0.466 e. The van der Waals surface area contributed by atoms with Crippen molar-refractivity contribution in [3.8, 4) is 0 Å². The van der Waals surface area contributed by atoms with Crippen LogP contribution in [0.15, 0.2) is 17.2 Å². The van der Waals surface area contributed by atoms with Gasteiger partial charge in [-0.2, -0.15) is 5.11 Å². The molecule has 1 aromatic carbocycles. The van der Waals surface area contributed by atoms with E-state index in [1.54, 1.807) is 19.9 Å². The van der Waals surface area contributed by atoms with Crippen LogP contribution < -0.4 is 0 Å². The number of hydrogen-bond acceptors (Lipinski definition) is 5. The fourth-order valence-electron chi connectivity index (χ4n) is 1.53. The first kappa shape index (κ1) is 14.7. The second-order valence-electron chi connectivity index (χ2n) is 3.64. The zero-order chi connectivity index (χ0) is 13.7. The molecule has 0 aliphatic heterocycles. The van der Waals surface area contributed by atoms with E-state index in [9.17, 15) is 9.59 Å². The van der Waals surface area contributed by atoms with Crippen LogP contribution in [-0.2, 0) is 9.53 Å². The molecule has 18 heavy (non-hydrogen) atoms. The fraction of sp³-hybridized carbons (Fsp3) is 0.333. The van der Waals surface area contributed by atoms with E-state index in [2.05, 4.69) is 27.7 Å². The van der Waals surface area contributed by atoms with E-state index >= 15 is 0 Å². The number of ether oxygens (including phenoxy) is 1. The van der Waals surface area contributed by atoms with Crippen molar-refractivity contribution in [3.05, 3.63) is 26.8 Å². The highest BCUT2D eigenvalue weighted by Crippen LogP contribution is 2.27. The number of carbonyl (C=O) groups is 2. The lowest BCUT2D eigenvalue weighted by Gasteiger charge is -2.07. The Bertz CT molecular complexity index is 500. The number of benzene rings is 1. The molecule has 0 atom stereocenters. The summed E-state index contributed by atoms with van der Waals surface area (Å²) in [6.07, 6.45) is -0.324. The summed E-state index contributed by atoms with van der Waals surface area (Å²) < 4.78 is 5.59. The quantitative estimate of drug-likeness (QED) is 0.287. The van der Waals surface area contributed by atoms with E-state index in [0.29, 0.717) is 11.3 Å². The van der Waals surface area contributed by atoms with Crippen LogP contribution >= 0.6 is 22.6 Å². The van der Waals surface area contributed by atoms with Crippen LogP contribution in [0.25, 0.3) is 0 Å². The molecule has 6 heteroatoms. The minimum atomic E-state index is -0.560. The summed E-state index contributed by atoms with van der Waals surface area (Å²) in [6.45, 7) is 3.70. The molecule has 0 aliphatic carbocycles. The average molecular weight is 360 g/mol. The van der Waals surface area contributed by atoms with Crippen molar-refractivity contribution in [2.75, 3.05) is 6.61 Å². The summed E-state index contributed by atoms with van der Waals surface area (Å²) in [5.41, 5.74) is 8.45. The molecule has 0 unspecified atom stereocenters. The number of nitrogens with zero attached hydrogens (tertiary/aromatic N) is 1. The topological polar surface area (TPSA) is 79.6 Å². The van der Waals surface area contributed by atoms with Crippen molar-refractivity contribution in [2.45, 2.75) is 20.3 Å². The SMILES string of the molecule is CCOC(=O)CC(=O)c1cc(I)cc(C)c1N=N. The number of nitrogens with one attached hydrogen (secondary N) is 1. The summed E-state index contributed by atoms with van der Waals surface area (Å²) in [5, 5.41) is 3.36. The fourth-order valence-corrected chi connectivity index (χ4v) is 2.31. The van der Waals surface area contributed by atoms with E-state index in [-0.39, 0.29) is 18.8 Å². The predicted octanol–water partition coefficient (Wildman–Crippen LogP) is 3.40. The van der Waals surface area contributed by atoms with E-state index in [4.69, 9.17) is 10.3 Å². The van der Waals surface area contributed by atoms with Crippen LogP contribution in [0.4, 0.5) is 5.69 Å². The number of carbonyl (C=O) groups excluding carboxylic acids is 2. The van der Waals surface area contributed by atoms with Gasteiger partial charge >= 0.3 is 5.97 Å². The average Bonchev–Trinajstić information content (AvgIpc) is 2.28. The molecule has 0 radical (unpaired) electrons. The van der Waals surface area contributed by atoms with Crippen LogP contribution in [-0.4, -0.2) is 18.4 Å². The van der Waals surface area contributed by atoms with Gasteiger partial charge in [0.2, 0.25) is 0 Å². The molecular weight excluding hydrogens is 347 g/mol. The Kier molecular flexibility index (Phi) is 5.39. The van der Waals surface area contributed by atoms with Gasteiger partial charge in [0.05, 0.1) is 12.3 Å². The third-order valence-corrected chi connectivity index (χ3v) is 2.91. The molecule has 0 aromatic heterocycles. The van der Waals surface area contributed by atoms with Crippen LogP contribution in [0, 0.1) is 16.0 Å². The summed E-state index contributed by atoms with van der Waals surface area (Å²) in [4.78, 5) is 23.2. The van der Waals surface area contributed by atoms with Gasteiger partial charge < -0.3 is 4.74 Å². The highest BCUT2D eigenvalue weighted by molar-refractivity contribution is 14.1. The molecule has 0 aliphatic rings. The predicted molar refractivity (Wildman–Crippen MR) is 74.3 cm³/mol. The Balaban J connectivity index is 3.05. The minimum absolute atomic E-state index is 0.243. The van der Waals surface area contributed by atoms with Crippen molar-refractivity contribution in [1.29, 1.82) is 5.53 Å². The summed E-state index contributed by atoms with van der Waals surface area (Å²) >= 11 is 2.08. The number of halogens is 1. The standard InChI is InChI=1S/C12H13IN2O3/c1-3-18-11(17)6-10(16)9-5-8(13)4-7(2)12(9)15-14/h4-5,14H,3,6H2,1-2H3. The lowest BCUT2D eigenvalue weighted by atomic mass is 10.0. The number of rotatable bonds is 5. The Hall–Kier alpha value is -1.31. The molecule has 1 N–H and O–H groups in total. The number of hydrogen-bond donors (Lipinski definition) is 1. The highest BCUT2D eigenvalue weighted by Gasteiger charge is 2.18. The molecule has 5 nitrogen and oxygen atoms in total. The van der Waals surface area contributed by atoms with Crippen molar-refractivity contribution < 1.29 is 14.3 Å². The molecular formula is C12H13IN2O3. The molecule has 0 heterocycles. The van der Waals surface area contributed by atoms with E-state index in [1.165, 1.54) is 0 Å². The van der Waals surface area contributed by atoms with Gasteiger partial charge in [-0.05, 0) is 54.1 Å². The zero-order valence-corrected chi connectivity index (χ0v) is 12.3. The maximum Gasteiger partial charge on any atom is 0.313 e. The number of Topliss-reactive ketones (excluding diaryl/α,β-unsaturated/α-hetero) is 1. The van der Waals surface area contributed by atoms with Gasteiger partial charge in [0.1, 0.15) is 6.42 Å². The van der Waals surface area contributed by atoms with E-state index in [1.807, 2.05) is 6.07 Å². The van der Waals surface area contributed by atoms with Gasteiger partial charge in [-0.25, -0.2) is 5.53 Å². The zero-order valence-electron chi connectivity index (χ0n) is 10.1. The van der Waals surface area contributed by atoms with E-state index < -0.39 is 5.97 Å². The van der Waals surface area contributed by atoms with Crippen LogP contribution in [0.1, 0.15) is 29.3 Å². The Morgan fingerprint density at radius 3 is 2.67 bits per heavy atom. The number of aryl methyl sites for hydroxylation is 1. The first-order valence-electron chi connectivity index (χ1n) is 5.36. The van der Waals surface area contributed by atoms with Crippen LogP contribution in [0.5, 0.6) is 0 Å². The molecule has 1 aromatic rings. The highest BCUT2D eigenvalue weighted by atomic mass is 127.